The second kappa shape index (κ2) is 6.56. The molecule has 1 unspecified atom stereocenters. The van der Waals surface area contributed by atoms with Crippen molar-refractivity contribution in [3.05, 3.63) is 28.5 Å². The Hall–Kier alpha value is -0.110. The molecule has 1 aliphatic heterocycles. The van der Waals surface area contributed by atoms with Gasteiger partial charge in [0.2, 0.25) is 10.0 Å². The summed E-state index contributed by atoms with van der Waals surface area (Å²) in [5, 5.41) is 0.336. The lowest BCUT2D eigenvalue weighted by atomic mass is 10.2. The van der Waals surface area contributed by atoms with E-state index in [1.165, 1.54) is 12.5 Å². The Kier molecular flexibility index (Phi) is 5.28. The summed E-state index contributed by atoms with van der Waals surface area (Å²) in [6, 6.07) is 3.58. The standard InChI is InChI=1S/C12H15BrFNO2S2/c13-11-7-9(14)4-5-12(11)19(16,17)15-8-10-3-1-2-6-18-10/h4-5,7,10,15H,1-3,6,8H2. The molecular formula is C12H15BrFNO2S2. The Morgan fingerprint density at radius 2 is 2.21 bits per heavy atom. The van der Waals surface area contributed by atoms with Crippen LogP contribution in [0.25, 0.3) is 0 Å². The van der Waals surface area contributed by atoms with Gasteiger partial charge in [0.25, 0.3) is 0 Å². The van der Waals surface area contributed by atoms with Crippen LogP contribution in [0.1, 0.15) is 19.3 Å². The van der Waals surface area contributed by atoms with Crippen molar-refractivity contribution in [2.75, 3.05) is 12.3 Å². The van der Waals surface area contributed by atoms with Gasteiger partial charge < -0.3 is 0 Å². The van der Waals surface area contributed by atoms with Crippen LogP contribution in [0.15, 0.2) is 27.6 Å². The molecule has 0 spiro atoms. The van der Waals surface area contributed by atoms with Gasteiger partial charge in [0.1, 0.15) is 5.82 Å². The summed E-state index contributed by atoms with van der Waals surface area (Å²) >= 11 is 4.89. The van der Waals surface area contributed by atoms with E-state index in [9.17, 15) is 12.8 Å². The highest BCUT2D eigenvalue weighted by Gasteiger charge is 2.21. The van der Waals surface area contributed by atoms with Gasteiger partial charge >= 0.3 is 0 Å². The van der Waals surface area contributed by atoms with E-state index < -0.39 is 15.8 Å². The van der Waals surface area contributed by atoms with Crippen molar-refractivity contribution < 1.29 is 12.8 Å². The number of hydrogen-bond donors (Lipinski definition) is 1. The summed E-state index contributed by atoms with van der Waals surface area (Å²) in [7, 11) is -3.58. The van der Waals surface area contributed by atoms with Gasteiger partial charge in [-0.2, -0.15) is 11.8 Å². The number of sulfonamides is 1. The number of thioether (sulfide) groups is 1. The fourth-order valence-corrected chi connectivity index (χ4v) is 5.42. The van der Waals surface area contributed by atoms with E-state index in [-0.39, 0.29) is 9.37 Å². The van der Waals surface area contributed by atoms with Crippen LogP contribution in [-0.4, -0.2) is 26.0 Å². The number of rotatable bonds is 4. The maximum Gasteiger partial charge on any atom is 0.241 e. The maximum absolute atomic E-state index is 13.0. The van der Waals surface area contributed by atoms with Crippen LogP contribution in [-0.2, 0) is 10.0 Å². The second-order valence-corrected chi connectivity index (χ2v) is 8.41. The van der Waals surface area contributed by atoms with Crippen molar-refractivity contribution in [2.45, 2.75) is 29.4 Å². The summed E-state index contributed by atoms with van der Waals surface area (Å²) < 4.78 is 40.1. The van der Waals surface area contributed by atoms with E-state index in [0.29, 0.717) is 11.8 Å². The highest BCUT2D eigenvalue weighted by Crippen LogP contribution is 2.26. The Morgan fingerprint density at radius 3 is 2.84 bits per heavy atom. The maximum atomic E-state index is 13.0. The number of nitrogens with one attached hydrogen (secondary N) is 1. The molecule has 1 N–H and O–H groups in total. The molecule has 1 aromatic rings. The van der Waals surface area contributed by atoms with Crippen molar-refractivity contribution in [2.24, 2.45) is 0 Å². The second-order valence-electron chi connectivity index (χ2n) is 4.42. The molecule has 1 heterocycles. The molecule has 0 radical (unpaired) electrons. The Labute approximate surface area is 125 Å². The largest absolute Gasteiger partial charge is 0.241 e. The monoisotopic (exact) mass is 367 g/mol. The molecule has 0 saturated carbocycles. The predicted molar refractivity (Wildman–Crippen MR) is 79.4 cm³/mol. The van der Waals surface area contributed by atoms with Crippen LogP contribution in [0.5, 0.6) is 0 Å². The molecule has 2 rings (SSSR count). The van der Waals surface area contributed by atoms with Crippen LogP contribution in [0, 0.1) is 5.82 Å². The molecule has 1 saturated heterocycles. The lowest BCUT2D eigenvalue weighted by Crippen LogP contribution is -2.32. The summed E-state index contributed by atoms with van der Waals surface area (Å²) in [5.41, 5.74) is 0. The van der Waals surface area contributed by atoms with E-state index in [1.807, 2.05) is 11.8 Å². The number of halogens is 2. The van der Waals surface area contributed by atoms with Crippen molar-refractivity contribution >= 4 is 37.7 Å². The van der Waals surface area contributed by atoms with Gasteiger partial charge in [-0.3, -0.25) is 0 Å². The SMILES string of the molecule is O=S(=O)(NCC1CCCCS1)c1ccc(F)cc1Br. The van der Waals surface area contributed by atoms with E-state index in [1.54, 1.807) is 0 Å². The van der Waals surface area contributed by atoms with Crippen molar-refractivity contribution in [3.63, 3.8) is 0 Å². The molecule has 0 bridgehead atoms. The molecule has 3 nitrogen and oxygen atoms in total. The van der Waals surface area contributed by atoms with E-state index in [4.69, 9.17) is 0 Å². The molecule has 7 heteroatoms. The minimum atomic E-state index is -3.58. The Balaban J connectivity index is 2.05. The Bertz CT molecular complexity index is 545. The fourth-order valence-electron chi connectivity index (χ4n) is 1.94. The zero-order valence-corrected chi connectivity index (χ0v) is 13.5. The van der Waals surface area contributed by atoms with Crippen LogP contribution in [0.3, 0.4) is 0 Å². The predicted octanol–water partition coefficient (Wildman–Crippen LogP) is 3.15. The van der Waals surface area contributed by atoms with Crippen LogP contribution < -0.4 is 4.72 Å². The first-order valence-electron chi connectivity index (χ1n) is 6.05. The number of benzene rings is 1. The quantitative estimate of drug-likeness (QED) is 0.888. The zero-order valence-electron chi connectivity index (χ0n) is 10.2. The smallest absolute Gasteiger partial charge is 0.210 e. The van der Waals surface area contributed by atoms with Gasteiger partial charge in [-0.1, -0.05) is 6.42 Å². The van der Waals surface area contributed by atoms with Crippen LogP contribution >= 0.6 is 27.7 Å². The molecule has 19 heavy (non-hydrogen) atoms. The summed E-state index contributed by atoms with van der Waals surface area (Å²) in [5.74, 6) is 0.626. The third kappa shape index (κ3) is 4.18. The summed E-state index contributed by atoms with van der Waals surface area (Å²) in [6.07, 6.45) is 3.40. The van der Waals surface area contributed by atoms with Crippen LogP contribution in [0.4, 0.5) is 4.39 Å². The summed E-state index contributed by atoms with van der Waals surface area (Å²) in [6.45, 7) is 0.427. The molecule has 1 fully saturated rings. The van der Waals surface area contributed by atoms with Crippen molar-refractivity contribution in [1.82, 2.24) is 4.72 Å². The minimum absolute atomic E-state index is 0.0784. The van der Waals surface area contributed by atoms with Crippen LogP contribution in [0.2, 0.25) is 0 Å². The number of hydrogen-bond acceptors (Lipinski definition) is 3. The van der Waals surface area contributed by atoms with E-state index in [0.717, 1.165) is 30.7 Å². The van der Waals surface area contributed by atoms with E-state index >= 15 is 0 Å². The van der Waals surface area contributed by atoms with Gasteiger partial charge in [-0.25, -0.2) is 17.5 Å². The lowest BCUT2D eigenvalue weighted by molar-refractivity contribution is 0.572. The normalized spacial score (nSPS) is 20.4. The first kappa shape index (κ1) is 15.3. The average molecular weight is 368 g/mol. The van der Waals surface area contributed by atoms with Gasteiger partial charge in [-0.05, 0) is 52.7 Å². The highest BCUT2D eigenvalue weighted by atomic mass is 79.9. The third-order valence-electron chi connectivity index (χ3n) is 2.96. The van der Waals surface area contributed by atoms with Crippen molar-refractivity contribution in [1.29, 1.82) is 0 Å². The molecular weight excluding hydrogens is 353 g/mol. The van der Waals surface area contributed by atoms with Gasteiger partial charge in [0.05, 0.1) is 4.90 Å². The molecule has 106 valence electrons. The van der Waals surface area contributed by atoms with Crippen molar-refractivity contribution in [3.8, 4) is 0 Å². The first-order valence-corrected chi connectivity index (χ1v) is 9.38. The molecule has 0 aliphatic carbocycles. The van der Waals surface area contributed by atoms with E-state index in [2.05, 4.69) is 20.7 Å². The minimum Gasteiger partial charge on any atom is -0.210 e. The lowest BCUT2D eigenvalue weighted by Gasteiger charge is -2.21. The first-order chi connectivity index (χ1) is 8.99. The molecule has 1 aliphatic rings. The van der Waals surface area contributed by atoms with Gasteiger partial charge in [-0.15, -0.1) is 0 Å². The molecule has 1 atom stereocenters. The zero-order chi connectivity index (χ0) is 13.9. The fraction of sp³-hybridized carbons (Fsp3) is 0.500. The average Bonchev–Trinajstić information content (AvgIpc) is 2.37. The topological polar surface area (TPSA) is 46.2 Å². The molecule has 1 aromatic carbocycles. The highest BCUT2D eigenvalue weighted by molar-refractivity contribution is 9.10. The Morgan fingerprint density at radius 1 is 1.42 bits per heavy atom. The molecule has 0 aromatic heterocycles. The molecule has 0 amide bonds. The van der Waals surface area contributed by atoms with Gasteiger partial charge in [0, 0.05) is 16.3 Å². The summed E-state index contributed by atoms with van der Waals surface area (Å²) in [4.78, 5) is 0.0784. The third-order valence-corrected chi connectivity index (χ3v) is 6.76. The van der Waals surface area contributed by atoms with Gasteiger partial charge in [0.15, 0.2) is 0 Å².